The minimum Gasteiger partial charge on any atom is -0.399 e. The molecule has 1 aromatic carbocycles. The molecule has 0 aromatic heterocycles. The van der Waals surface area contributed by atoms with E-state index in [4.69, 9.17) is 19.8 Å². The Bertz CT molecular complexity index is 715. The largest absolute Gasteiger partial charge is 0.494 e. The van der Waals surface area contributed by atoms with E-state index in [9.17, 15) is 5.11 Å². The van der Waals surface area contributed by atoms with Gasteiger partial charge in [0.25, 0.3) is 0 Å². The van der Waals surface area contributed by atoms with Gasteiger partial charge in [0, 0.05) is 5.56 Å². The van der Waals surface area contributed by atoms with Crippen LogP contribution in [0.3, 0.4) is 0 Å². The van der Waals surface area contributed by atoms with Gasteiger partial charge in [-0.05, 0) is 39.2 Å². The predicted octanol–water partition coefficient (Wildman–Crippen LogP) is 1.29. The standard InChI is InChI=1S/C16H19BN4O3/c1-15(2)16(3,4)24-17(23-15)12-5-6-14(11(7-12)10-22)21-20-13(8-18)9-19/h5-7,21-22H,10H2,1-4H3. The van der Waals surface area contributed by atoms with Gasteiger partial charge >= 0.3 is 7.12 Å². The third kappa shape index (κ3) is 3.41. The maximum absolute atomic E-state index is 9.57. The Labute approximate surface area is 141 Å². The first-order chi connectivity index (χ1) is 11.2. The number of nitrogens with zero attached hydrogens (tertiary/aromatic N) is 3. The Kier molecular flexibility index (Phi) is 4.95. The molecule has 24 heavy (non-hydrogen) atoms. The summed E-state index contributed by atoms with van der Waals surface area (Å²) in [5.74, 6) is 0. The number of hydrogen-bond donors (Lipinski definition) is 2. The van der Waals surface area contributed by atoms with Crippen LogP contribution >= 0.6 is 0 Å². The first-order valence-electron chi connectivity index (χ1n) is 7.47. The zero-order valence-corrected chi connectivity index (χ0v) is 14.1. The zero-order chi connectivity index (χ0) is 18.0. The fourth-order valence-electron chi connectivity index (χ4n) is 2.17. The van der Waals surface area contributed by atoms with Crippen molar-refractivity contribution in [2.45, 2.75) is 45.5 Å². The fourth-order valence-corrected chi connectivity index (χ4v) is 2.17. The molecule has 0 saturated carbocycles. The van der Waals surface area contributed by atoms with Crippen LogP contribution in [0.1, 0.15) is 33.3 Å². The summed E-state index contributed by atoms with van der Waals surface area (Å²) in [5, 5.41) is 30.6. The van der Waals surface area contributed by atoms with E-state index >= 15 is 0 Å². The van der Waals surface area contributed by atoms with Gasteiger partial charge in [0.05, 0.1) is 23.5 Å². The summed E-state index contributed by atoms with van der Waals surface area (Å²) < 4.78 is 12.0. The molecule has 0 aliphatic carbocycles. The van der Waals surface area contributed by atoms with Gasteiger partial charge in [-0.3, -0.25) is 5.43 Å². The van der Waals surface area contributed by atoms with Crippen LogP contribution in [0.4, 0.5) is 5.69 Å². The normalized spacial score (nSPS) is 17.7. The highest BCUT2D eigenvalue weighted by molar-refractivity contribution is 6.62. The highest BCUT2D eigenvalue weighted by Gasteiger charge is 2.51. The van der Waals surface area contributed by atoms with Gasteiger partial charge in [0.2, 0.25) is 5.71 Å². The van der Waals surface area contributed by atoms with E-state index in [2.05, 4.69) is 10.5 Å². The highest BCUT2D eigenvalue weighted by atomic mass is 16.7. The van der Waals surface area contributed by atoms with Crippen molar-refractivity contribution in [2.75, 3.05) is 5.43 Å². The first-order valence-corrected chi connectivity index (χ1v) is 7.47. The molecule has 1 aromatic rings. The van der Waals surface area contributed by atoms with Crippen molar-refractivity contribution >= 4 is 24.0 Å². The van der Waals surface area contributed by atoms with E-state index in [-0.39, 0.29) is 12.3 Å². The molecule has 1 fully saturated rings. The molecule has 7 nitrogen and oxygen atoms in total. The van der Waals surface area contributed by atoms with Crippen molar-refractivity contribution in [1.29, 1.82) is 10.5 Å². The summed E-state index contributed by atoms with van der Waals surface area (Å²) in [4.78, 5) is 0. The number of rotatable bonds is 4. The van der Waals surface area contributed by atoms with Gasteiger partial charge in [-0.25, -0.2) is 0 Å². The molecule has 0 radical (unpaired) electrons. The van der Waals surface area contributed by atoms with E-state index < -0.39 is 18.3 Å². The maximum Gasteiger partial charge on any atom is 0.494 e. The molecule has 2 N–H and O–H groups in total. The molecule has 0 amide bonds. The van der Waals surface area contributed by atoms with Crippen LogP contribution in [0, 0.1) is 22.7 Å². The van der Waals surface area contributed by atoms with Gasteiger partial charge in [-0.15, -0.1) is 0 Å². The summed E-state index contributed by atoms with van der Waals surface area (Å²) in [6.07, 6.45) is 0. The van der Waals surface area contributed by atoms with Crippen LogP contribution < -0.4 is 10.9 Å². The molecule has 1 saturated heterocycles. The minimum absolute atomic E-state index is 0.236. The molecule has 0 unspecified atom stereocenters. The van der Waals surface area contributed by atoms with E-state index in [1.807, 2.05) is 27.7 Å². The van der Waals surface area contributed by atoms with Crippen LogP contribution in [0.15, 0.2) is 23.3 Å². The lowest BCUT2D eigenvalue weighted by atomic mass is 9.78. The number of aliphatic hydroxyl groups is 1. The highest BCUT2D eigenvalue weighted by Crippen LogP contribution is 2.36. The molecule has 0 atom stereocenters. The smallest absolute Gasteiger partial charge is 0.399 e. The third-order valence-corrected chi connectivity index (χ3v) is 4.33. The number of nitriles is 2. The fraction of sp³-hybridized carbons (Fsp3) is 0.438. The quantitative estimate of drug-likeness (QED) is 0.490. The number of hydrogen-bond acceptors (Lipinski definition) is 7. The van der Waals surface area contributed by atoms with Crippen LogP contribution in [0.25, 0.3) is 0 Å². The predicted molar refractivity (Wildman–Crippen MR) is 90.4 cm³/mol. The van der Waals surface area contributed by atoms with E-state index in [1.54, 1.807) is 30.3 Å². The Morgan fingerprint density at radius 1 is 1.21 bits per heavy atom. The first kappa shape index (κ1) is 18.0. The molecular formula is C16H19BN4O3. The van der Waals surface area contributed by atoms with E-state index in [1.165, 1.54) is 0 Å². The molecule has 1 heterocycles. The molecule has 124 valence electrons. The molecule has 1 aliphatic rings. The van der Waals surface area contributed by atoms with Gasteiger partial charge in [0.1, 0.15) is 12.1 Å². The summed E-state index contributed by atoms with van der Waals surface area (Å²) in [7, 11) is -0.536. The van der Waals surface area contributed by atoms with Crippen LogP contribution in [0.5, 0.6) is 0 Å². The van der Waals surface area contributed by atoms with Gasteiger partial charge in [-0.2, -0.15) is 15.6 Å². The molecular weight excluding hydrogens is 307 g/mol. The summed E-state index contributed by atoms with van der Waals surface area (Å²) in [5.41, 5.74) is 3.25. The minimum atomic E-state index is -0.536. The Hall–Kier alpha value is -2.39. The van der Waals surface area contributed by atoms with Crippen molar-refractivity contribution in [2.24, 2.45) is 5.10 Å². The van der Waals surface area contributed by atoms with Crippen molar-refractivity contribution in [3.8, 4) is 12.1 Å². The van der Waals surface area contributed by atoms with Crippen molar-refractivity contribution in [1.82, 2.24) is 0 Å². The van der Waals surface area contributed by atoms with Crippen molar-refractivity contribution < 1.29 is 14.4 Å². The van der Waals surface area contributed by atoms with Crippen molar-refractivity contribution in [3.05, 3.63) is 23.8 Å². The van der Waals surface area contributed by atoms with Gasteiger partial charge in [-0.1, -0.05) is 12.1 Å². The number of aliphatic hydroxyl groups excluding tert-OH is 1. The molecule has 0 bridgehead atoms. The topological polar surface area (TPSA) is 111 Å². The number of hydrazone groups is 1. The lowest BCUT2D eigenvalue weighted by Gasteiger charge is -2.32. The Morgan fingerprint density at radius 2 is 1.79 bits per heavy atom. The molecule has 8 heteroatoms. The van der Waals surface area contributed by atoms with Gasteiger partial charge < -0.3 is 14.4 Å². The number of benzene rings is 1. The summed E-state index contributed by atoms with van der Waals surface area (Å²) in [6, 6.07) is 8.55. The molecule has 1 aliphatic heterocycles. The Balaban J connectivity index is 2.26. The molecule has 2 rings (SSSR count). The van der Waals surface area contributed by atoms with E-state index in [0.717, 1.165) is 5.46 Å². The SMILES string of the molecule is CC1(C)OB(c2ccc(NN=C(C#N)C#N)c(CO)c2)OC1(C)C. The van der Waals surface area contributed by atoms with Crippen LogP contribution in [0.2, 0.25) is 0 Å². The third-order valence-electron chi connectivity index (χ3n) is 4.33. The summed E-state index contributed by atoms with van der Waals surface area (Å²) >= 11 is 0. The number of nitrogens with one attached hydrogen (secondary N) is 1. The van der Waals surface area contributed by atoms with Gasteiger partial charge in [0.15, 0.2) is 0 Å². The lowest BCUT2D eigenvalue weighted by molar-refractivity contribution is 0.00578. The van der Waals surface area contributed by atoms with Crippen LogP contribution in [-0.4, -0.2) is 29.1 Å². The lowest BCUT2D eigenvalue weighted by Crippen LogP contribution is -2.41. The molecule has 0 spiro atoms. The Morgan fingerprint density at radius 3 is 2.29 bits per heavy atom. The average molecular weight is 326 g/mol. The van der Waals surface area contributed by atoms with E-state index in [0.29, 0.717) is 11.3 Å². The summed E-state index contributed by atoms with van der Waals surface area (Å²) in [6.45, 7) is 7.64. The second-order valence-corrected chi connectivity index (χ2v) is 6.46. The monoisotopic (exact) mass is 326 g/mol. The zero-order valence-electron chi connectivity index (χ0n) is 14.1. The van der Waals surface area contributed by atoms with Crippen molar-refractivity contribution in [3.63, 3.8) is 0 Å². The average Bonchev–Trinajstić information content (AvgIpc) is 2.76. The second-order valence-electron chi connectivity index (χ2n) is 6.46. The maximum atomic E-state index is 9.57. The number of anilines is 1. The second kappa shape index (κ2) is 6.62. The van der Waals surface area contributed by atoms with Crippen LogP contribution in [-0.2, 0) is 15.9 Å².